The van der Waals surface area contributed by atoms with E-state index in [2.05, 4.69) is 0 Å². The van der Waals surface area contributed by atoms with Crippen molar-refractivity contribution in [2.45, 2.75) is 50.0 Å². The van der Waals surface area contributed by atoms with E-state index in [0.717, 1.165) is 0 Å². The standard InChI is InChI=1S/C35H36N2O4/c1-25(34(40,27-15-7-3-8-16-27)28-17-9-4-10-18-28)37(32(39)33(23-24-33)31(36)38)26(2)35(41,29-19-11-5-12-20-29)30-21-13-6-14-22-30/h3-22,25-26,40-41H,23-24H2,1-2H3,(H2,36,38)/t25-,26-/m1/s1. The Balaban J connectivity index is 1.74. The van der Waals surface area contributed by atoms with E-state index in [1.54, 1.807) is 13.8 Å². The molecule has 0 saturated heterocycles. The third kappa shape index (κ3) is 4.73. The van der Waals surface area contributed by atoms with Gasteiger partial charge in [0.05, 0.1) is 12.1 Å². The molecule has 4 aromatic rings. The first kappa shape index (κ1) is 28.3. The molecule has 0 heterocycles. The summed E-state index contributed by atoms with van der Waals surface area (Å²) in [6, 6.07) is 34.8. The van der Waals surface area contributed by atoms with Gasteiger partial charge in [-0.1, -0.05) is 121 Å². The average Bonchev–Trinajstić information content (AvgIpc) is 3.84. The van der Waals surface area contributed by atoms with E-state index in [9.17, 15) is 19.8 Å². The predicted molar refractivity (Wildman–Crippen MR) is 158 cm³/mol. The lowest BCUT2D eigenvalue weighted by molar-refractivity contribution is -0.158. The second-order valence-electron chi connectivity index (χ2n) is 11.0. The van der Waals surface area contributed by atoms with E-state index >= 15 is 0 Å². The van der Waals surface area contributed by atoms with Gasteiger partial charge in [0.2, 0.25) is 11.8 Å². The Bertz CT molecular complexity index is 1310. The number of carbonyl (C=O) groups excluding carboxylic acids is 2. The second-order valence-corrected chi connectivity index (χ2v) is 11.0. The van der Waals surface area contributed by atoms with Crippen LogP contribution in [0.3, 0.4) is 0 Å². The molecular weight excluding hydrogens is 512 g/mol. The molecule has 1 aliphatic rings. The highest BCUT2D eigenvalue weighted by molar-refractivity contribution is 6.07. The van der Waals surface area contributed by atoms with Crippen LogP contribution in [-0.2, 0) is 20.8 Å². The van der Waals surface area contributed by atoms with Gasteiger partial charge < -0.3 is 20.8 Å². The minimum Gasteiger partial charge on any atom is -0.378 e. The van der Waals surface area contributed by atoms with Crippen molar-refractivity contribution in [3.05, 3.63) is 144 Å². The van der Waals surface area contributed by atoms with Gasteiger partial charge in [-0.05, 0) is 48.9 Å². The van der Waals surface area contributed by atoms with Gasteiger partial charge in [0.25, 0.3) is 0 Å². The molecule has 1 fully saturated rings. The summed E-state index contributed by atoms with van der Waals surface area (Å²) >= 11 is 0. The topological polar surface area (TPSA) is 104 Å². The van der Waals surface area contributed by atoms with Crippen LogP contribution in [0.2, 0.25) is 0 Å². The molecule has 1 aliphatic carbocycles. The number of nitrogens with two attached hydrogens (primary N) is 1. The van der Waals surface area contributed by atoms with E-state index in [4.69, 9.17) is 5.73 Å². The minimum atomic E-state index is -1.69. The first-order chi connectivity index (χ1) is 19.7. The zero-order valence-corrected chi connectivity index (χ0v) is 23.4. The molecule has 0 bridgehead atoms. The number of nitrogens with zero attached hydrogens (tertiary/aromatic N) is 1. The maximum Gasteiger partial charge on any atom is 0.238 e. The van der Waals surface area contributed by atoms with Crippen LogP contribution in [-0.4, -0.2) is 39.0 Å². The van der Waals surface area contributed by atoms with Gasteiger partial charge in [-0.15, -0.1) is 0 Å². The molecule has 5 rings (SSSR count). The van der Waals surface area contributed by atoms with E-state index in [1.165, 1.54) is 4.90 Å². The molecule has 41 heavy (non-hydrogen) atoms. The summed E-state index contributed by atoms with van der Waals surface area (Å²) in [5, 5.41) is 25.5. The Kier molecular flexibility index (Phi) is 7.56. The highest BCUT2D eigenvalue weighted by Crippen LogP contribution is 2.50. The summed E-state index contributed by atoms with van der Waals surface area (Å²) in [7, 11) is 0. The fourth-order valence-electron chi connectivity index (χ4n) is 6.09. The van der Waals surface area contributed by atoms with Crippen molar-refractivity contribution in [2.75, 3.05) is 0 Å². The predicted octanol–water partition coefficient (Wildman–Crippen LogP) is 4.73. The lowest BCUT2D eigenvalue weighted by Crippen LogP contribution is -2.63. The van der Waals surface area contributed by atoms with Crippen LogP contribution >= 0.6 is 0 Å². The van der Waals surface area contributed by atoms with Crippen LogP contribution in [0.15, 0.2) is 121 Å². The molecule has 6 nitrogen and oxygen atoms in total. The van der Waals surface area contributed by atoms with Crippen LogP contribution in [0.25, 0.3) is 0 Å². The van der Waals surface area contributed by atoms with Gasteiger partial charge in [-0.2, -0.15) is 0 Å². The molecule has 0 aliphatic heterocycles. The highest BCUT2D eigenvalue weighted by atomic mass is 16.3. The summed E-state index contributed by atoms with van der Waals surface area (Å²) in [6.45, 7) is 3.53. The SMILES string of the molecule is C[C@@H](N(C(=O)C1(C(N)=O)CC1)[C@H](C)C(O)(c1ccccc1)c1ccccc1)C(O)(c1ccccc1)c1ccccc1. The number of hydrogen-bond acceptors (Lipinski definition) is 4. The molecular formula is C35H36N2O4. The fourth-order valence-corrected chi connectivity index (χ4v) is 6.09. The normalized spacial score (nSPS) is 15.9. The van der Waals surface area contributed by atoms with Crippen molar-refractivity contribution in [3.63, 3.8) is 0 Å². The summed E-state index contributed by atoms with van der Waals surface area (Å²) in [4.78, 5) is 28.8. The molecule has 1 saturated carbocycles. The van der Waals surface area contributed by atoms with E-state index < -0.39 is 40.5 Å². The molecule has 2 amide bonds. The first-order valence-electron chi connectivity index (χ1n) is 14.0. The van der Waals surface area contributed by atoms with Crippen LogP contribution in [0, 0.1) is 5.41 Å². The smallest absolute Gasteiger partial charge is 0.238 e. The maximum absolute atomic E-state index is 14.6. The quantitative estimate of drug-likeness (QED) is 0.249. The van der Waals surface area contributed by atoms with Gasteiger partial charge in [0, 0.05) is 0 Å². The molecule has 0 spiro atoms. The third-order valence-corrected chi connectivity index (χ3v) is 8.76. The Hall–Kier alpha value is -4.26. The molecule has 210 valence electrons. The number of primary amides is 1. The Morgan fingerprint density at radius 2 is 0.902 bits per heavy atom. The van der Waals surface area contributed by atoms with Crippen molar-refractivity contribution in [3.8, 4) is 0 Å². The van der Waals surface area contributed by atoms with E-state index in [0.29, 0.717) is 35.1 Å². The zero-order chi connectivity index (χ0) is 29.3. The van der Waals surface area contributed by atoms with Crippen molar-refractivity contribution in [1.29, 1.82) is 0 Å². The molecule has 4 aromatic carbocycles. The summed E-state index contributed by atoms with van der Waals surface area (Å²) in [6.07, 6.45) is 0.641. The van der Waals surface area contributed by atoms with E-state index in [-0.39, 0.29) is 0 Å². The number of amides is 2. The number of benzene rings is 4. The van der Waals surface area contributed by atoms with Crippen molar-refractivity contribution in [2.24, 2.45) is 11.1 Å². The molecule has 0 radical (unpaired) electrons. The van der Waals surface area contributed by atoms with Gasteiger partial charge in [0.1, 0.15) is 16.6 Å². The number of aliphatic hydroxyl groups is 2. The number of hydrogen-bond donors (Lipinski definition) is 3. The van der Waals surface area contributed by atoms with Crippen LogP contribution in [0.4, 0.5) is 0 Å². The molecule has 0 aromatic heterocycles. The van der Waals surface area contributed by atoms with Gasteiger partial charge >= 0.3 is 0 Å². The molecule has 0 unspecified atom stereocenters. The van der Waals surface area contributed by atoms with E-state index in [1.807, 2.05) is 121 Å². The fraction of sp³-hybridized carbons (Fsp3) is 0.257. The van der Waals surface area contributed by atoms with Gasteiger partial charge in [0.15, 0.2) is 0 Å². The second kappa shape index (κ2) is 11.0. The summed E-state index contributed by atoms with van der Waals surface area (Å²) in [5.74, 6) is -1.20. The first-order valence-corrected chi connectivity index (χ1v) is 14.0. The number of carbonyl (C=O) groups is 2. The summed E-state index contributed by atoms with van der Waals surface area (Å²) < 4.78 is 0. The van der Waals surface area contributed by atoms with Crippen LogP contribution in [0.5, 0.6) is 0 Å². The zero-order valence-electron chi connectivity index (χ0n) is 23.4. The lowest BCUT2D eigenvalue weighted by Gasteiger charge is -2.49. The Morgan fingerprint density at radius 3 is 1.12 bits per heavy atom. The third-order valence-electron chi connectivity index (χ3n) is 8.76. The average molecular weight is 549 g/mol. The Labute approximate surface area is 241 Å². The Morgan fingerprint density at radius 1 is 0.634 bits per heavy atom. The van der Waals surface area contributed by atoms with Crippen molar-refractivity contribution in [1.82, 2.24) is 4.90 Å². The van der Waals surface area contributed by atoms with Crippen LogP contribution in [0.1, 0.15) is 48.9 Å². The maximum atomic E-state index is 14.6. The molecule has 6 heteroatoms. The lowest BCUT2D eigenvalue weighted by atomic mass is 9.75. The summed E-state index contributed by atoms with van der Waals surface area (Å²) in [5.41, 5.74) is 3.38. The monoisotopic (exact) mass is 548 g/mol. The molecule has 2 atom stereocenters. The number of rotatable bonds is 10. The van der Waals surface area contributed by atoms with Crippen LogP contribution < -0.4 is 5.73 Å². The van der Waals surface area contributed by atoms with Gasteiger partial charge in [-0.3, -0.25) is 9.59 Å². The van der Waals surface area contributed by atoms with Crippen molar-refractivity contribution >= 4 is 11.8 Å². The van der Waals surface area contributed by atoms with Crippen molar-refractivity contribution < 1.29 is 19.8 Å². The molecule has 4 N–H and O–H groups in total. The highest BCUT2D eigenvalue weighted by Gasteiger charge is 2.61. The van der Waals surface area contributed by atoms with Gasteiger partial charge in [-0.25, -0.2) is 0 Å². The largest absolute Gasteiger partial charge is 0.378 e. The minimum absolute atomic E-state index is 0.321.